The second-order valence-corrected chi connectivity index (χ2v) is 10.0. The highest BCUT2D eigenvalue weighted by Gasteiger charge is 2.37. The molecule has 1 atom stereocenters. The Hall–Kier alpha value is -3.00. The fourth-order valence-electron chi connectivity index (χ4n) is 3.15. The number of nitrogens with zero attached hydrogens (tertiary/aromatic N) is 3. The Kier molecular flexibility index (Phi) is 6.31. The van der Waals surface area contributed by atoms with E-state index in [4.69, 9.17) is 4.42 Å². The van der Waals surface area contributed by atoms with Gasteiger partial charge in [-0.05, 0) is 67.5 Å². The summed E-state index contributed by atoms with van der Waals surface area (Å²) in [6.45, 7) is 12.0. The first kappa shape index (κ1) is 22.7. The number of furan rings is 1. The number of anilines is 1. The van der Waals surface area contributed by atoms with Gasteiger partial charge in [-0.2, -0.15) is 0 Å². The lowest BCUT2D eigenvalue weighted by atomic mass is 9.87. The Balaban J connectivity index is 2.12. The van der Waals surface area contributed by atoms with Crippen LogP contribution in [0.5, 0.6) is 0 Å². The van der Waals surface area contributed by atoms with E-state index in [1.54, 1.807) is 17.5 Å². The van der Waals surface area contributed by atoms with Crippen molar-refractivity contribution in [3.05, 3.63) is 65.1 Å². The largest absolute Gasteiger partial charge is 0.467 e. The second-order valence-electron chi connectivity index (χ2n) is 9.42. The number of hydrogen-bond donors (Lipinski definition) is 1. The Labute approximate surface area is 186 Å². The molecule has 8 heteroatoms. The van der Waals surface area contributed by atoms with Gasteiger partial charge in [0.2, 0.25) is 0 Å². The van der Waals surface area contributed by atoms with Crippen LogP contribution in [-0.4, -0.2) is 26.9 Å². The van der Waals surface area contributed by atoms with Gasteiger partial charge in [-0.1, -0.05) is 37.4 Å². The van der Waals surface area contributed by atoms with E-state index in [-0.39, 0.29) is 17.0 Å². The minimum atomic E-state index is -1.01. The fourth-order valence-corrected chi connectivity index (χ4v) is 3.58. The van der Waals surface area contributed by atoms with E-state index in [0.717, 1.165) is 17.1 Å². The quantitative estimate of drug-likeness (QED) is 0.619. The highest BCUT2D eigenvalue weighted by Crippen LogP contribution is 2.32. The predicted molar refractivity (Wildman–Crippen MR) is 121 cm³/mol. The van der Waals surface area contributed by atoms with E-state index in [2.05, 4.69) is 35.7 Å². The van der Waals surface area contributed by atoms with Gasteiger partial charge in [0.1, 0.15) is 5.76 Å². The summed E-state index contributed by atoms with van der Waals surface area (Å²) in [6, 6.07) is 10.0. The van der Waals surface area contributed by atoms with Crippen LogP contribution in [0.2, 0.25) is 0 Å². The minimum Gasteiger partial charge on any atom is -0.467 e. The molecule has 0 radical (unpaired) electrons. The van der Waals surface area contributed by atoms with Crippen LogP contribution in [0, 0.1) is 0 Å². The van der Waals surface area contributed by atoms with Gasteiger partial charge in [0, 0.05) is 16.6 Å². The highest BCUT2D eigenvalue weighted by molar-refractivity contribution is 7.03. The third-order valence-corrected chi connectivity index (χ3v) is 5.13. The molecule has 3 rings (SSSR count). The standard InChI is InChI=1S/C23H28N4O3S/c1-22(2,3)15-9-11-16(12-10-15)27(21(29)17-14-31-26-25-17)19(18-8-7-13-30-18)20(28)24-23(4,5)6/h7-14,19H,1-6H3,(H,24,28). The van der Waals surface area contributed by atoms with Gasteiger partial charge in [0.05, 0.1) is 6.26 Å². The molecule has 0 fully saturated rings. The molecule has 0 aliphatic carbocycles. The number of aromatic nitrogens is 2. The molecule has 0 saturated heterocycles. The number of nitrogens with one attached hydrogen (secondary N) is 1. The Morgan fingerprint density at radius 2 is 1.74 bits per heavy atom. The van der Waals surface area contributed by atoms with Gasteiger partial charge in [-0.15, -0.1) is 5.10 Å². The number of amides is 2. The fraction of sp³-hybridized carbons (Fsp3) is 0.391. The summed E-state index contributed by atoms with van der Waals surface area (Å²) in [6.07, 6.45) is 1.49. The molecule has 31 heavy (non-hydrogen) atoms. The van der Waals surface area contributed by atoms with Crippen LogP contribution in [0.4, 0.5) is 5.69 Å². The average molecular weight is 441 g/mol. The highest BCUT2D eigenvalue weighted by atomic mass is 32.1. The molecule has 2 heterocycles. The summed E-state index contributed by atoms with van der Waals surface area (Å²) in [7, 11) is 0. The van der Waals surface area contributed by atoms with Crippen molar-refractivity contribution in [2.24, 2.45) is 0 Å². The van der Waals surface area contributed by atoms with Gasteiger partial charge < -0.3 is 9.73 Å². The molecule has 0 bridgehead atoms. The van der Waals surface area contributed by atoms with Crippen molar-refractivity contribution in [3.8, 4) is 0 Å². The van der Waals surface area contributed by atoms with Crippen LogP contribution in [0.1, 0.15) is 69.4 Å². The predicted octanol–water partition coefficient (Wildman–Crippen LogP) is 4.73. The van der Waals surface area contributed by atoms with Gasteiger partial charge in [0.25, 0.3) is 11.8 Å². The maximum absolute atomic E-state index is 13.5. The molecule has 0 spiro atoms. The maximum Gasteiger partial charge on any atom is 0.280 e. The van der Waals surface area contributed by atoms with Gasteiger partial charge >= 0.3 is 0 Å². The molecule has 2 amide bonds. The van der Waals surface area contributed by atoms with E-state index in [1.807, 2.05) is 45.0 Å². The monoisotopic (exact) mass is 440 g/mol. The molecule has 0 saturated carbocycles. The third kappa shape index (κ3) is 5.38. The summed E-state index contributed by atoms with van der Waals surface area (Å²) in [5, 5.41) is 8.47. The van der Waals surface area contributed by atoms with Crippen molar-refractivity contribution in [3.63, 3.8) is 0 Å². The molecule has 1 N–H and O–H groups in total. The van der Waals surface area contributed by atoms with E-state index in [9.17, 15) is 9.59 Å². The first-order valence-corrected chi connectivity index (χ1v) is 10.9. The van der Waals surface area contributed by atoms with Crippen molar-refractivity contribution in [2.45, 2.75) is 58.5 Å². The normalized spacial score (nSPS) is 13.0. The molecule has 7 nitrogen and oxygen atoms in total. The summed E-state index contributed by atoms with van der Waals surface area (Å²) >= 11 is 1.08. The minimum absolute atomic E-state index is 0.0454. The third-order valence-electron chi connectivity index (χ3n) is 4.63. The molecule has 1 aromatic carbocycles. The maximum atomic E-state index is 13.5. The summed E-state index contributed by atoms with van der Waals surface area (Å²) in [5.74, 6) is -0.417. The van der Waals surface area contributed by atoms with Crippen LogP contribution in [0.15, 0.2) is 52.5 Å². The van der Waals surface area contributed by atoms with Crippen molar-refractivity contribution in [1.82, 2.24) is 14.9 Å². The molecular weight excluding hydrogens is 412 g/mol. The van der Waals surface area contributed by atoms with Crippen LogP contribution < -0.4 is 10.2 Å². The van der Waals surface area contributed by atoms with Crippen molar-refractivity contribution >= 4 is 29.0 Å². The van der Waals surface area contributed by atoms with Gasteiger partial charge in [0.15, 0.2) is 11.7 Å². The van der Waals surface area contributed by atoms with Crippen LogP contribution >= 0.6 is 11.5 Å². The summed E-state index contributed by atoms with van der Waals surface area (Å²) in [4.78, 5) is 28.3. The average Bonchev–Trinajstić information content (AvgIpc) is 3.37. The molecule has 0 aliphatic rings. The molecule has 1 unspecified atom stereocenters. The first-order chi connectivity index (χ1) is 14.5. The summed E-state index contributed by atoms with van der Waals surface area (Å²) in [5.41, 5.74) is 1.32. The Morgan fingerprint density at radius 3 is 2.23 bits per heavy atom. The number of carbonyl (C=O) groups excluding carboxylic acids is 2. The van der Waals surface area contributed by atoms with Crippen LogP contribution in [0.3, 0.4) is 0 Å². The molecule has 164 valence electrons. The zero-order valence-corrected chi connectivity index (χ0v) is 19.5. The number of hydrogen-bond acceptors (Lipinski definition) is 6. The van der Waals surface area contributed by atoms with Gasteiger partial charge in [-0.3, -0.25) is 14.5 Å². The number of benzene rings is 1. The number of carbonyl (C=O) groups is 2. The Bertz CT molecular complexity index is 1010. The second kappa shape index (κ2) is 8.63. The van der Waals surface area contributed by atoms with E-state index >= 15 is 0 Å². The van der Waals surface area contributed by atoms with E-state index < -0.39 is 17.5 Å². The first-order valence-electron chi connectivity index (χ1n) is 10.0. The summed E-state index contributed by atoms with van der Waals surface area (Å²) < 4.78 is 9.40. The van der Waals surface area contributed by atoms with Crippen LogP contribution in [-0.2, 0) is 10.2 Å². The molecular formula is C23H28N4O3S. The number of rotatable bonds is 5. The lowest BCUT2D eigenvalue weighted by molar-refractivity contribution is -0.124. The lowest BCUT2D eigenvalue weighted by Gasteiger charge is -2.32. The van der Waals surface area contributed by atoms with Crippen molar-refractivity contribution in [1.29, 1.82) is 0 Å². The topological polar surface area (TPSA) is 88.3 Å². The van der Waals surface area contributed by atoms with Gasteiger partial charge in [-0.25, -0.2) is 0 Å². The SMILES string of the molecule is CC(C)(C)NC(=O)C(c1ccco1)N(C(=O)c1csnn1)c1ccc(C(C)(C)C)cc1. The van der Waals surface area contributed by atoms with E-state index in [0.29, 0.717) is 11.4 Å². The smallest absolute Gasteiger partial charge is 0.280 e. The van der Waals surface area contributed by atoms with Crippen molar-refractivity contribution < 1.29 is 14.0 Å². The Morgan fingerprint density at radius 1 is 1.06 bits per heavy atom. The zero-order chi connectivity index (χ0) is 22.8. The zero-order valence-electron chi connectivity index (χ0n) is 18.7. The lowest BCUT2D eigenvalue weighted by Crippen LogP contribution is -2.49. The molecule has 3 aromatic rings. The van der Waals surface area contributed by atoms with E-state index in [1.165, 1.54) is 11.2 Å². The molecule has 2 aromatic heterocycles. The van der Waals surface area contributed by atoms with Crippen LogP contribution in [0.25, 0.3) is 0 Å². The van der Waals surface area contributed by atoms with Crippen molar-refractivity contribution in [2.75, 3.05) is 4.90 Å². The molecule has 0 aliphatic heterocycles.